The molecule has 0 aliphatic carbocycles. The van der Waals surface area contributed by atoms with Gasteiger partial charge in [0, 0.05) is 5.57 Å². The Kier molecular flexibility index (Phi) is 4.05. The number of carbonyl (C=O) groups is 1. The van der Waals surface area contributed by atoms with Gasteiger partial charge in [0.25, 0.3) is 5.91 Å². The number of carbonyl (C=O) groups excluding carboxylic acids is 1. The molecule has 1 aromatic rings. The molecular weight excluding hydrogens is 236 g/mol. The van der Waals surface area contributed by atoms with E-state index in [0.29, 0.717) is 0 Å². The molecule has 19 heavy (non-hydrogen) atoms. The highest BCUT2D eigenvalue weighted by molar-refractivity contribution is 6.02. The van der Waals surface area contributed by atoms with Crippen LogP contribution in [0.2, 0.25) is 0 Å². The molecule has 3 nitrogen and oxygen atoms in total. The number of rotatable bonds is 4. The lowest BCUT2D eigenvalue weighted by Crippen LogP contribution is -2.38. The van der Waals surface area contributed by atoms with E-state index in [1.54, 1.807) is 0 Å². The summed E-state index contributed by atoms with van der Waals surface area (Å²) < 4.78 is 0. The Morgan fingerprint density at radius 1 is 1.26 bits per heavy atom. The fourth-order valence-electron chi connectivity index (χ4n) is 2.30. The van der Waals surface area contributed by atoms with Crippen molar-refractivity contribution in [2.75, 3.05) is 0 Å². The van der Waals surface area contributed by atoms with Crippen molar-refractivity contribution in [3.63, 3.8) is 0 Å². The van der Waals surface area contributed by atoms with Gasteiger partial charge in [0.05, 0.1) is 5.54 Å². The first kappa shape index (κ1) is 13.8. The zero-order valence-corrected chi connectivity index (χ0v) is 11.9. The van der Waals surface area contributed by atoms with Crippen molar-refractivity contribution < 1.29 is 4.79 Å². The third kappa shape index (κ3) is 3.04. The molecule has 0 radical (unpaired) electrons. The van der Waals surface area contributed by atoms with Crippen LogP contribution in [-0.2, 0) is 11.2 Å². The molecule has 0 aromatic heterocycles. The summed E-state index contributed by atoms with van der Waals surface area (Å²) >= 11 is 0. The summed E-state index contributed by atoms with van der Waals surface area (Å²) in [5.74, 6) is -0.0321. The average molecular weight is 258 g/mol. The Bertz CT molecular complexity index is 503. The van der Waals surface area contributed by atoms with Crippen LogP contribution in [0.3, 0.4) is 0 Å². The Labute approximate surface area is 115 Å². The van der Waals surface area contributed by atoms with Gasteiger partial charge in [-0.05, 0) is 43.9 Å². The van der Waals surface area contributed by atoms with Gasteiger partial charge >= 0.3 is 0 Å². The number of amides is 1. The van der Waals surface area contributed by atoms with Gasteiger partial charge in [-0.3, -0.25) is 10.2 Å². The van der Waals surface area contributed by atoms with Crippen LogP contribution in [-0.4, -0.2) is 11.4 Å². The molecule has 1 fully saturated rings. The topological polar surface area (TPSA) is 41.1 Å². The second-order valence-corrected chi connectivity index (χ2v) is 5.56. The van der Waals surface area contributed by atoms with Gasteiger partial charge in [-0.25, -0.2) is 5.43 Å². The highest BCUT2D eigenvalue weighted by Gasteiger charge is 2.34. The molecule has 0 bridgehead atoms. The summed E-state index contributed by atoms with van der Waals surface area (Å²) in [4.78, 5) is 11.9. The number of benzene rings is 1. The van der Waals surface area contributed by atoms with Crippen molar-refractivity contribution in [1.82, 2.24) is 10.9 Å². The van der Waals surface area contributed by atoms with Crippen molar-refractivity contribution >= 4 is 12.0 Å². The van der Waals surface area contributed by atoms with Crippen molar-refractivity contribution in [1.29, 1.82) is 0 Å². The second kappa shape index (κ2) is 5.57. The van der Waals surface area contributed by atoms with Crippen LogP contribution in [0.25, 0.3) is 6.08 Å². The van der Waals surface area contributed by atoms with Crippen LogP contribution >= 0.6 is 0 Å². The minimum atomic E-state index is -0.324. The highest BCUT2D eigenvalue weighted by atomic mass is 16.2. The van der Waals surface area contributed by atoms with Crippen LogP contribution in [0.4, 0.5) is 0 Å². The summed E-state index contributed by atoms with van der Waals surface area (Å²) in [5.41, 5.74) is 8.62. The van der Waals surface area contributed by atoms with Gasteiger partial charge in [0.15, 0.2) is 0 Å². The third-order valence-electron chi connectivity index (χ3n) is 3.56. The van der Waals surface area contributed by atoms with Gasteiger partial charge in [0.1, 0.15) is 0 Å². The summed E-state index contributed by atoms with van der Waals surface area (Å²) in [6.45, 7) is 6.20. The summed E-state index contributed by atoms with van der Waals surface area (Å²) in [6.07, 6.45) is 5.43. The van der Waals surface area contributed by atoms with E-state index in [2.05, 4.69) is 36.0 Å². The van der Waals surface area contributed by atoms with Crippen LogP contribution in [0.5, 0.6) is 0 Å². The first-order valence-electron chi connectivity index (χ1n) is 6.92. The van der Waals surface area contributed by atoms with Crippen molar-refractivity contribution in [3.05, 3.63) is 41.0 Å². The standard InChI is InChI=1S/C16H22N2O/c1-4-5-8-12-9-6-7-10-13(12)11-14-15(19)17-18-16(14,2)3/h6-7,9-11,18H,4-5,8H2,1-3H3,(H,17,19)/b14-11+. The molecule has 2 rings (SSSR count). The summed E-state index contributed by atoms with van der Waals surface area (Å²) in [7, 11) is 0. The highest BCUT2D eigenvalue weighted by Crippen LogP contribution is 2.24. The van der Waals surface area contributed by atoms with Crippen molar-refractivity contribution in [2.24, 2.45) is 0 Å². The van der Waals surface area contributed by atoms with Crippen molar-refractivity contribution in [3.8, 4) is 0 Å². The molecule has 1 aliphatic heterocycles. The number of hydrazine groups is 1. The van der Waals surface area contributed by atoms with E-state index in [1.807, 2.05) is 26.0 Å². The minimum Gasteiger partial charge on any atom is -0.287 e. The number of hydrogen-bond acceptors (Lipinski definition) is 2. The van der Waals surface area contributed by atoms with Crippen LogP contribution in [0, 0.1) is 0 Å². The van der Waals surface area contributed by atoms with Crippen LogP contribution < -0.4 is 10.9 Å². The molecule has 0 atom stereocenters. The first-order valence-corrected chi connectivity index (χ1v) is 6.92. The number of aryl methyl sites for hydroxylation is 1. The lowest BCUT2D eigenvalue weighted by Gasteiger charge is -2.17. The molecule has 2 N–H and O–H groups in total. The fourth-order valence-corrected chi connectivity index (χ4v) is 2.30. The van der Waals surface area contributed by atoms with Gasteiger partial charge < -0.3 is 0 Å². The van der Waals surface area contributed by atoms with E-state index in [4.69, 9.17) is 0 Å². The number of unbranched alkanes of at least 4 members (excludes halogenated alkanes) is 1. The first-order chi connectivity index (χ1) is 9.04. The zero-order chi connectivity index (χ0) is 13.9. The molecule has 3 heteroatoms. The van der Waals surface area contributed by atoms with Gasteiger partial charge in [0.2, 0.25) is 0 Å². The maximum atomic E-state index is 11.9. The zero-order valence-electron chi connectivity index (χ0n) is 11.9. The van der Waals surface area contributed by atoms with Crippen LogP contribution in [0.15, 0.2) is 29.8 Å². The lowest BCUT2D eigenvalue weighted by molar-refractivity contribution is -0.116. The quantitative estimate of drug-likeness (QED) is 0.815. The molecular formula is C16H22N2O. The van der Waals surface area contributed by atoms with Gasteiger partial charge in [-0.15, -0.1) is 0 Å². The molecule has 0 spiro atoms. The Morgan fingerprint density at radius 2 is 2.00 bits per heavy atom. The predicted octanol–water partition coefficient (Wildman–Crippen LogP) is 2.83. The van der Waals surface area contributed by atoms with E-state index < -0.39 is 0 Å². The normalized spacial score (nSPS) is 19.7. The molecule has 0 unspecified atom stereocenters. The maximum Gasteiger partial charge on any atom is 0.263 e. The maximum absolute atomic E-state index is 11.9. The molecule has 1 aromatic carbocycles. The third-order valence-corrected chi connectivity index (χ3v) is 3.56. The number of hydrogen-bond donors (Lipinski definition) is 2. The number of nitrogens with one attached hydrogen (secondary N) is 2. The SMILES string of the molecule is CCCCc1ccccc1/C=C1\C(=O)NNC1(C)C. The molecule has 1 saturated heterocycles. The Hall–Kier alpha value is -1.61. The molecule has 1 heterocycles. The molecule has 1 aliphatic rings. The van der Waals surface area contributed by atoms with Gasteiger partial charge in [-0.1, -0.05) is 37.6 Å². The average Bonchev–Trinajstić information content (AvgIpc) is 2.64. The second-order valence-electron chi connectivity index (χ2n) is 5.56. The Morgan fingerprint density at radius 3 is 2.63 bits per heavy atom. The van der Waals surface area contributed by atoms with E-state index in [-0.39, 0.29) is 11.4 Å². The summed E-state index contributed by atoms with van der Waals surface area (Å²) in [6, 6.07) is 8.31. The Balaban J connectivity index is 2.34. The van der Waals surface area contributed by atoms with E-state index in [9.17, 15) is 4.79 Å². The van der Waals surface area contributed by atoms with Gasteiger partial charge in [-0.2, -0.15) is 0 Å². The lowest BCUT2D eigenvalue weighted by atomic mass is 9.92. The smallest absolute Gasteiger partial charge is 0.263 e. The van der Waals surface area contributed by atoms with Crippen LogP contribution in [0.1, 0.15) is 44.7 Å². The fraction of sp³-hybridized carbons (Fsp3) is 0.438. The van der Waals surface area contributed by atoms with E-state index in [1.165, 1.54) is 18.4 Å². The minimum absolute atomic E-state index is 0.0321. The molecule has 1 amide bonds. The van der Waals surface area contributed by atoms with E-state index >= 15 is 0 Å². The predicted molar refractivity (Wildman–Crippen MR) is 78.4 cm³/mol. The molecule has 0 saturated carbocycles. The monoisotopic (exact) mass is 258 g/mol. The largest absolute Gasteiger partial charge is 0.287 e. The van der Waals surface area contributed by atoms with Crippen molar-refractivity contribution in [2.45, 2.75) is 45.6 Å². The summed E-state index contributed by atoms with van der Waals surface area (Å²) in [5, 5.41) is 0. The molecule has 102 valence electrons. The van der Waals surface area contributed by atoms with E-state index in [0.717, 1.165) is 17.6 Å².